The van der Waals surface area contributed by atoms with E-state index in [1.54, 1.807) is 0 Å². The van der Waals surface area contributed by atoms with Gasteiger partial charge in [-0.2, -0.15) is 0 Å². The molecule has 0 bridgehead atoms. The van der Waals surface area contributed by atoms with Crippen molar-refractivity contribution in [2.75, 3.05) is 45.0 Å². The molecule has 2 amide bonds. The predicted octanol–water partition coefficient (Wildman–Crippen LogP) is 3.07. The summed E-state index contributed by atoms with van der Waals surface area (Å²) >= 11 is 0. The van der Waals surface area contributed by atoms with Crippen LogP contribution >= 0.6 is 0 Å². The number of nitrogens with zero attached hydrogens (tertiary/aromatic N) is 2. The van der Waals surface area contributed by atoms with Crippen LogP contribution in [0.4, 0.5) is 10.1 Å². The van der Waals surface area contributed by atoms with Gasteiger partial charge < -0.3 is 30.3 Å². The van der Waals surface area contributed by atoms with Gasteiger partial charge in [-0.15, -0.1) is 0 Å². The number of anilines is 1. The maximum absolute atomic E-state index is 14.2. The summed E-state index contributed by atoms with van der Waals surface area (Å²) in [5, 5.41) is 3.36. The number of methoxy groups -OCH3 is 1. The first kappa shape index (κ1) is 24.7. The number of nitrogens with two attached hydrogens (primary N) is 1. The van der Waals surface area contributed by atoms with Gasteiger partial charge in [0.25, 0.3) is 5.91 Å². The maximum atomic E-state index is 14.2. The van der Waals surface area contributed by atoms with Crippen molar-refractivity contribution in [1.29, 1.82) is 0 Å². The van der Waals surface area contributed by atoms with Crippen LogP contribution in [-0.2, 0) is 16.1 Å². The number of piperazine rings is 1. The lowest BCUT2D eigenvalue weighted by Gasteiger charge is -2.29. The number of nitrogens with one attached hydrogen (secondary N) is 1. The third-order valence-electron chi connectivity index (χ3n) is 6.80. The third-order valence-corrected chi connectivity index (χ3v) is 6.80. The van der Waals surface area contributed by atoms with E-state index in [0.717, 1.165) is 42.9 Å². The van der Waals surface area contributed by atoms with Gasteiger partial charge in [-0.1, -0.05) is 24.3 Å². The molecule has 0 spiro atoms. The van der Waals surface area contributed by atoms with Crippen LogP contribution in [0.2, 0.25) is 0 Å². The smallest absolute Gasteiger partial charge is 0.255 e. The second kappa shape index (κ2) is 10.6. The fraction of sp³-hybridized carbons (Fsp3) is 0.286. The lowest BCUT2D eigenvalue weighted by Crippen LogP contribution is -2.43. The first-order valence-corrected chi connectivity index (χ1v) is 12.2. The molecule has 0 radical (unpaired) electrons. The van der Waals surface area contributed by atoms with E-state index in [4.69, 9.17) is 15.2 Å². The highest BCUT2D eigenvalue weighted by atomic mass is 19.1. The van der Waals surface area contributed by atoms with Gasteiger partial charge in [0.2, 0.25) is 5.91 Å². The number of carbonyl (C=O) groups is 2. The van der Waals surface area contributed by atoms with E-state index in [1.165, 1.54) is 35.9 Å². The number of rotatable bonds is 8. The predicted molar refractivity (Wildman–Crippen MR) is 138 cm³/mol. The number of benzene rings is 3. The van der Waals surface area contributed by atoms with Gasteiger partial charge >= 0.3 is 0 Å². The van der Waals surface area contributed by atoms with Crippen LogP contribution in [0.15, 0.2) is 60.7 Å². The Bertz CT molecular complexity index is 1310. The lowest BCUT2D eigenvalue weighted by atomic mass is 10.00. The molecule has 0 aromatic heterocycles. The summed E-state index contributed by atoms with van der Waals surface area (Å²) in [4.78, 5) is 29.8. The van der Waals surface area contributed by atoms with Crippen molar-refractivity contribution < 1.29 is 23.5 Å². The molecule has 8 nitrogen and oxygen atoms in total. The van der Waals surface area contributed by atoms with Crippen LogP contribution in [0, 0.1) is 5.82 Å². The van der Waals surface area contributed by atoms with E-state index < -0.39 is 17.8 Å². The summed E-state index contributed by atoms with van der Waals surface area (Å²) in [5.41, 5.74) is 10.2. The molecule has 2 aliphatic rings. The standard InChI is InChI=1S/C28H29FN4O4/c1-36-17-37-25-9-6-21(29)15-24(25)26(27(30)34)33-16-20-3-2-19(14-23(20)28(33)35)18-4-7-22(8-5-18)32-12-10-31-11-13-32/h2-9,14-15,26,31H,10-13,16-17H2,1H3,(H2,30,34). The topological polar surface area (TPSA) is 97.1 Å². The van der Waals surface area contributed by atoms with Crippen molar-refractivity contribution in [1.82, 2.24) is 10.2 Å². The van der Waals surface area contributed by atoms with Crippen molar-refractivity contribution in [3.05, 3.63) is 83.2 Å². The van der Waals surface area contributed by atoms with Crippen LogP contribution in [0.3, 0.4) is 0 Å². The van der Waals surface area contributed by atoms with Crippen molar-refractivity contribution in [3.8, 4) is 16.9 Å². The largest absolute Gasteiger partial charge is 0.467 e. The van der Waals surface area contributed by atoms with E-state index >= 15 is 0 Å². The van der Waals surface area contributed by atoms with Crippen LogP contribution in [-0.4, -0.2) is 56.8 Å². The number of hydrogen-bond donors (Lipinski definition) is 2. The molecule has 1 atom stereocenters. The molecule has 3 N–H and O–H groups in total. The summed E-state index contributed by atoms with van der Waals surface area (Å²) in [6.07, 6.45) is 0. The van der Waals surface area contributed by atoms with Crippen LogP contribution in [0.1, 0.15) is 27.5 Å². The Labute approximate surface area is 214 Å². The Balaban J connectivity index is 1.42. The highest BCUT2D eigenvalue weighted by Gasteiger charge is 2.38. The van der Waals surface area contributed by atoms with Crippen LogP contribution < -0.4 is 20.7 Å². The lowest BCUT2D eigenvalue weighted by molar-refractivity contribution is -0.122. The first-order valence-electron chi connectivity index (χ1n) is 12.2. The number of primary amides is 1. The summed E-state index contributed by atoms with van der Waals surface area (Å²) in [7, 11) is 1.45. The zero-order valence-electron chi connectivity index (χ0n) is 20.6. The number of amides is 2. The van der Waals surface area contributed by atoms with Gasteiger partial charge in [0.15, 0.2) is 6.79 Å². The molecule has 1 saturated heterocycles. The Morgan fingerprint density at radius 3 is 2.49 bits per heavy atom. The minimum atomic E-state index is -1.20. The van der Waals surface area contributed by atoms with Crippen LogP contribution in [0.25, 0.3) is 11.1 Å². The number of ether oxygens (including phenoxy) is 2. The van der Waals surface area contributed by atoms with Gasteiger partial charge in [-0.05, 0) is 53.1 Å². The number of hydrogen-bond acceptors (Lipinski definition) is 6. The number of fused-ring (bicyclic) bond motifs is 1. The zero-order valence-corrected chi connectivity index (χ0v) is 20.6. The Morgan fingerprint density at radius 2 is 1.78 bits per heavy atom. The minimum Gasteiger partial charge on any atom is -0.467 e. The van der Waals surface area contributed by atoms with Gasteiger partial charge in [-0.25, -0.2) is 4.39 Å². The Kier molecular flexibility index (Phi) is 7.07. The van der Waals surface area contributed by atoms with Crippen LogP contribution in [0.5, 0.6) is 5.75 Å². The summed E-state index contributed by atoms with van der Waals surface area (Å²) in [6, 6.07) is 16.6. The fourth-order valence-electron chi connectivity index (χ4n) is 4.96. The molecule has 1 unspecified atom stereocenters. The molecule has 2 aliphatic heterocycles. The fourth-order valence-corrected chi connectivity index (χ4v) is 4.96. The van der Waals surface area contributed by atoms with Crippen molar-refractivity contribution in [2.45, 2.75) is 12.6 Å². The third kappa shape index (κ3) is 5.00. The first-order chi connectivity index (χ1) is 18.0. The normalized spacial score (nSPS) is 16.0. The van der Waals surface area contributed by atoms with E-state index in [9.17, 15) is 14.0 Å². The second-order valence-corrected chi connectivity index (χ2v) is 9.13. The monoisotopic (exact) mass is 504 g/mol. The molecular formula is C28H29FN4O4. The molecule has 37 heavy (non-hydrogen) atoms. The molecule has 5 rings (SSSR count). The van der Waals surface area contributed by atoms with Crippen molar-refractivity contribution in [2.24, 2.45) is 5.73 Å². The Hall–Kier alpha value is -3.95. The number of carbonyl (C=O) groups excluding carboxylic acids is 2. The van der Waals surface area contributed by atoms with E-state index in [1.807, 2.05) is 18.2 Å². The molecule has 3 aromatic rings. The van der Waals surface area contributed by atoms with E-state index in [0.29, 0.717) is 5.56 Å². The molecular weight excluding hydrogens is 475 g/mol. The average molecular weight is 505 g/mol. The maximum Gasteiger partial charge on any atom is 0.255 e. The summed E-state index contributed by atoms with van der Waals surface area (Å²) < 4.78 is 24.7. The summed E-state index contributed by atoms with van der Waals surface area (Å²) in [6.45, 7) is 3.93. The molecule has 3 aromatic carbocycles. The van der Waals surface area contributed by atoms with Gasteiger partial charge in [0, 0.05) is 56.6 Å². The zero-order chi connectivity index (χ0) is 25.9. The number of halogens is 1. The van der Waals surface area contributed by atoms with E-state index in [-0.39, 0.29) is 30.6 Å². The molecule has 192 valence electrons. The average Bonchev–Trinajstić information content (AvgIpc) is 3.24. The highest BCUT2D eigenvalue weighted by Crippen LogP contribution is 2.37. The molecule has 9 heteroatoms. The van der Waals surface area contributed by atoms with Crippen molar-refractivity contribution >= 4 is 17.5 Å². The molecule has 0 saturated carbocycles. The van der Waals surface area contributed by atoms with Gasteiger partial charge in [0.05, 0.1) is 0 Å². The highest BCUT2D eigenvalue weighted by molar-refractivity contribution is 6.02. The SMILES string of the molecule is COCOc1ccc(F)cc1C(C(N)=O)N1Cc2ccc(-c3ccc(N4CCNCC4)cc3)cc2C1=O. The van der Waals surface area contributed by atoms with Gasteiger partial charge in [-0.3, -0.25) is 9.59 Å². The molecule has 0 aliphatic carbocycles. The quantitative estimate of drug-likeness (QED) is 0.458. The van der Waals surface area contributed by atoms with Gasteiger partial charge in [0.1, 0.15) is 17.6 Å². The minimum absolute atomic E-state index is 0.102. The summed E-state index contributed by atoms with van der Waals surface area (Å²) in [5.74, 6) is -1.47. The van der Waals surface area contributed by atoms with E-state index in [2.05, 4.69) is 34.5 Å². The second-order valence-electron chi connectivity index (χ2n) is 9.13. The Morgan fingerprint density at radius 1 is 1.05 bits per heavy atom. The molecule has 1 fully saturated rings. The molecule has 2 heterocycles. The van der Waals surface area contributed by atoms with Crippen molar-refractivity contribution in [3.63, 3.8) is 0 Å².